The molecule has 96 valence electrons. The number of carbonyl (C=O) groups is 1. The molecule has 1 unspecified atom stereocenters. The summed E-state index contributed by atoms with van der Waals surface area (Å²) >= 11 is 0. The zero-order chi connectivity index (χ0) is 13.3. The minimum atomic E-state index is -1.14. The number of nitrogens with zero attached hydrogens (tertiary/aromatic N) is 1. The minimum Gasteiger partial charge on any atom is -0.479 e. The van der Waals surface area contributed by atoms with E-state index in [4.69, 9.17) is 0 Å². The average Bonchev–Trinajstić information content (AvgIpc) is 2.73. The molecule has 0 radical (unpaired) electrons. The average molecular weight is 253 g/mol. The van der Waals surface area contributed by atoms with Gasteiger partial charge in [0, 0.05) is 17.3 Å². The molecule has 0 bridgehead atoms. The van der Waals surface area contributed by atoms with Crippen LogP contribution in [0.3, 0.4) is 0 Å². The number of carboxylic acid groups (broad SMARTS) is 1. The summed E-state index contributed by atoms with van der Waals surface area (Å²) in [5.41, 5.74) is -0.361. The Hall–Kier alpha value is -1.78. The SMILES string of the molecule is CCC1(C(=O)O)CCC(c2cc(F)cc(F)c2)=N1. The quantitative estimate of drug-likeness (QED) is 0.900. The topological polar surface area (TPSA) is 49.7 Å². The van der Waals surface area contributed by atoms with Gasteiger partial charge < -0.3 is 5.11 Å². The van der Waals surface area contributed by atoms with Gasteiger partial charge in [-0.15, -0.1) is 0 Å². The van der Waals surface area contributed by atoms with E-state index in [0.717, 1.165) is 6.07 Å². The number of halogens is 2. The van der Waals surface area contributed by atoms with Gasteiger partial charge in [-0.1, -0.05) is 6.92 Å². The second-order valence-electron chi connectivity index (χ2n) is 4.41. The molecule has 0 fully saturated rings. The number of carboxylic acids is 1. The van der Waals surface area contributed by atoms with Crippen molar-refractivity contribution in [3.8, 4) is 0 Å². The largest absolute Gasteiger partial charge is 0.479 e. The number of benzene rings is 1. The molecule has 1 aromatic rings. The van der Waals surface area contributed by atoms with E-state index in [1.165, 1.54) is 12.1 Å². The van der Waals surface area contributed by atoms with Crippen LogP contribution in [0.5, 0.6) is 0 Å². The lowest BCUT2D eigenvalue weighted by Gasteiger charge is -2.17. The zero-order valence-corrected chi connectivity index (χ0v) is 9.91. The Morgan fingerprint density at radius 2 is 2.00 bits per heavy atom. The van der Waals surface area contributed by atoms with E-state index >= 15 is 0 Å². The lowest BCUT2D eigenvalue weighted by atomic mass is 9.93. The molecule has 0 saturated carbocycles. The van der Waals surface area contributed by atoms with Gasteiger partial charge in [0.1, 0.15) is 11.6 Å². The van der Waals surface area contributed by atoms with E-state index in [1.807, 2.05) is 0 Å². The summed E-state index contributed by atoms with van der Waals surface area (Å²) in [4.78, 5) is 15.4. The van der Waals surface area contributed by atoms with E-state index in [9.17, 15) is 18.7 Å². The number of hydrogen-bond acceptors (Lipinski definition) is 2. The van der Waals surface area contributed by atoms with Gasteiger partial charge in [-0.05, 0) is 31.4 Å². The van der Waals surface area contributed by atoms with Crippen LogP contribution in [0.25, 0.3) is 0 Å². The van der Waals surface area contributed by atoms with Crippen LogP contribution in [0.15, 0.2) is 23.2 Å². The second kappa shape index (κ2) is 4.48. The van der Waals surface area contributed by atoms with Gasteiger partial charge in [-0.2, -0.15) is 0 Å². The summed E-state index contributed by atoms with van der Waals surface area (Å²) in [7, 11) is 0. The molecule has 1 N–H and O–H groups in total. The van der Waals surface area contributed by atoms with Gasteiger partial charge in [-0.3, -0.25) is 4.99 Å². The van der Waals surface area contributed by atoms with Gasteiger partial charge in [0.25, 0.3) is 0 Å². The monoisotopic (exact) mass is 253 g/mol. The Kier molecular flexibility index (Phi) is 3.15. The highest BCUT2D eigenvalue weighted by atomic mass is 19.1. The van der Waals surface area contributed by atoms with Gasteiger partial charge >= 0.3 is 5.97 Å². The predicted molar refractivity (Wildman–Crippen MR) is 62.8 cm³/mol. The van der Waals surface area contributed by atoms with Crippen LogP contribution in [0.1, 0.15) is 31.7 Å². The molecule has 0 amide bonds. The maximum Gasteiger partial charge on any atom is 0.331 e. The van der Waals surface area contributed by atoms with Crippen molar-refractivity contribution in [2.24, 2.45) is 4.99 Å². The maximum atomic E-state index is 13.1. The first-order chi connectivity index (χ1) is 8.47. The normalized spacial score (nSPS) is 22.9. The molecule has 0 aromatic heterocycles. The Bertz CT molecular complexity index is 507. The maximum absolute atomic E-state index is 13.1. The van der Waals surface area contributed by atoms with Crippen molar-refractivity contribution < 1.29 is 18.7 Å². The number of hydrogen-bond donors (Lipinski definition) is 1. The summed E-state index contributed by atoms with van der Waals surface area (Å²) in [6.07, 6.45) is 1.15. The summed E-state index contributed by atoms with van der Waals surface area (Å²) in [6.45, 7) is 1.74. The third-order valence-electron chi connectivity index (χ3n) is 3.30. The molecule has 0 spiro atoms. The standard InChI is InChI=1S/C13H13F2NO2/c1-2-13(12(17)18)4-3-11(16-13)8-5-9(14)7-10(15)6-8/h5-7H,2-4H2,1H3,(H,17,18). The molecule has 2 rings (SSSR count). The van der Waals surface area contributed by atoms with Crippen LogP contribution >= 0.6 is 0 Å². The highest BCUT2D eigenvalue weighted by Crippen LogP contribution is 2.32. The Balaban J connectivity index is 2.41. The molecule has 18 heavy (non-hydrogen) atoms. The fraction of sp³-hybridized carbons (Fsp3) is 0.385. The molecule has 1 aromatic carbocycles. The highest BCUT2D eigenvalue weighted by molar-refractivity contribution is 6.04. The van der Waals surface area contributed by atoms with Crippen molar-refractivity contribution in [1.29, 1.82) is 0 Å². The van der Waals surface area contributed by atoms with Crippen molar-refractivity contribution >= 4 is 11.7 Å². The second-order valence-corrected chi connectivity index (χ2v) is 4.41. The van der Waals surface area contributed by atoms with Crippen LogP contribution < -0.4 is 0 Å². The molecule has 1 aliphatic rings. The lowest BCUT2D eigenvalue weighted by Crippen LogP contribution is -2.33. The van der Waals surface area contributed by atoms with Crippen LogP contribution in [-0.2, 0) is 4.79 Å². The third kappa shape index (κ3) is 2.12. The van der Waals surface area contributed by atoms with E-state index in [0.29, 0.717) is 30.5 Å². The molecular formula is C13H13F2NO2. The van der Waals surface area contributed by atoms with Crippen LogP contribution in [0.2, 0.25) is 0 Å². The highest BCUT2D eigenvalue weighted by Gasteiger charge is 2.40. The lowest BCUT2D eigenvalue weighted by molar-refractivity contribution is -0.143. The van der Waals surface area contributed by atoms with E-state index in [1.54, 1.807) is 6.92 Å². The molecule has 3 nitrogen and oxygen atoms in total. The first-order valence-electron chi connectivity index (χ1n) is 5.75. The summed E-state index contributed by atoms with van der Waals surface area (Å²) in [6, 6.07) is 3.13. The van der Waals surface area contributed by atoms with Crippen LogP contribution in [-0.4, -0.2) is 22.3 Å². The Morgan fingerprint density at radius 3 is 2.44 bits per heavy atom. The van der Waals surface area contributed by atoms with Crippen molar-refractivity contribution in [2.45, 2.75) is 31.7 Å². The first kappa shape index (κ1) is 12.7. The van der Waals surface area contributed by atoms with Crippen LogP contribution in [0, 0.1) is 11.6 Å². The molecule has 5 heteroatoms. The molecule has 1 atom stereocenters. The van der Waals surface area contributed by atoms with Gasteiger partial charge in [-0.25, -0.2) is 13.6 Å². The van der Waals surface area contributed by atoms with Gasteiger partial charge in [0.15, 0.2) is 5.54 Å². The van der Waals surface area contributed by atoms with E-state index < -0.39 is 23.1 Å². The van der Waals surface area contributed by atoms with Crippen molar-refractivity contribution in [2.75, 3.05) is 0 Å². The summed E-state index contributed by atoms with van der Waals surface area (Å²) in [5, 5.41) is 9.18. The predicted octanol–water partition coefficient (Wildman–Crippen LogP) is 2.78. The van der Waals surface area contributed by atoms with E-state index in [-0.39, 0.29) is 0 Å². The smallest absolute Gasteiger partial charge is 0.331 e. The first-order valence-corrected chi connectivity index (χ1v) is 5.75. The zero-order valence-electron chi connectivity index (χ0n) is 9.91. The van der Waals surface area contributed by atoms with Gasteiger partial charge in [0.2, 0.25) is 0 Å². The third-order valence-corrected chi connectivity index (χ3v) is 3.30. The fourth-order valence-electron chi connectivity index (χ4n) is 2.19. The van der Waals surface area contributed by atoms with Crippen LogP contribution in [0.4, 0.5) is 8.78 Å². The Labute approximate surface area is 103 Å². The van der Waals surface area contributed by atoms with Crippen molar-refractivity contribution in [3.63, 3.8) is 0 Å². The minimum absolute atomic E-state index is 0.323. The van der Waals surface area contributed by atoms with Crippen molar-refractivity contribution in [3.05, 3.63) is 35.4 Å². The fourth-order valence-corrected chi connectivity index (χ4v) is 2.19. The van der Waals surface area contributed by atoms with Crippen molar-refractivity contribution in [1.82, 2.24) is 0 Å². The Morgan fingerprint density at radius 1 is 1.39 bits per heavy atom. The molecule has 0 saturated heterocycles. The number of aliphatic carboxylic acids is 1. The molecule has 1 aliphatic heterocycles. The molecule has 0 aliphatic carbocycles. The summed E-state index contributed by atoms with van der Waals surface area (Å²) in [5.74, 6) is -2.36. The van der Waals surface area contributed by atoms with E-state index in [2.05, 4.69) is 4.99 Å². The van der Waals surface area contributed by atoms with Gasteiger partial charge in [0.05, 0.1) is 0 Å². The number of rotatable bonds is 3. The number of aliphatic imine (C=N–C) groups is 1. The molecule has 1 heterocycles. The molecular weight excluding hydrogens is 240 g/mol. The summed E-state index contributed by atoms with van der Waals surface area (Å²) < 4.78 is 26.2.